The number of nitrogens with two attached hydrogens (primary N) is 2. The minimum absolute atomic E-state index is 0.196. The molecule has 3 nitrogen and oxygen atoms in total. The molecule has 0 aliphatic rings. The first-order valence-electron chi connectivity index (χ1n) is 4.01. The first kappa shape index (κ1) is 10.9. The number of thiocarbonyl (C=S) groups is 2. The lowest BCUT2D eigenvalue weighted by Crippen LogP contribution is -2.42. The molecule has 4 N–H and O–H groups in total. The van der Waals surface area contributed by atoms with Crippen LogP contribution in [-0.4, -0.2) is 15.1 Å². The predicted molar refractivity (Wildman–Crippen MR) is 65.6 cm³/mol. The minimum Gasteiger partial charge on any atom is -0.376 e. The largest absolute Gasteiger partial charge is 0.376 e. The van der Waals surface area contributed by atoms with Crippen molar-refractivity contribution in [2.24, 2.45) is 11.5 Å². The van der Waals surface area contributed by atoms with Crippen molar-refractivity contribution in [3.8, 4) is 0 Å². The molecule has 0 amide bonds. The van der Waals surface area contributed by atoms with Crippen molar-refractivity contribution >= 4 is 34.7 Å². The quantitative estimate of drug-likeness (QED) is 0.735. The van der Waals surface area contributed by atoms with Gasteiger partial charge in [-0.1, -0.05) is 30.3 Å². The van der Waals surface area contributed by atoms with Crippen LogP contribution in [0.25, 0.3) is 0 Å². The zero-order valence-corrected chi connectivity index (χ0v) is 9.15. The molecule has 14 heavy (non-hydrogen) atoms. The summed E-state index contributed by atoms with van der Waals surface area (Å²) in [6.45, 7) is 0.519. The fourth-order valence-electron chi connectivity index (χ4n) is 1.03. The van der Waals surface area contributed by atoms with Gasteiger partial charge in [0, 0.05) is 0 Å². The third-order valence-electron chi connectivity index (χ3n) is 1.72. The Morgan fingerprint density at radius 1 is 1.07 bits per heavy atom. The van der Waals surface area contributed by atoms with Crippen LogP contribution in [0, 0.1) is 0 Å². The first-order chi connectivity index (χ1) is 6.61. The van der Waals surface area contributed by atoms with Crippen molar-refractivity contribution in [1.29, 1.82) is 0 Å². The highest BCUT2D eigenvalue weighted by molar-refractivity contribution is 7.81. The van der Waals surface area contributed by atoms with Gasteiger partial charge in [0.2, 0.25) is 0 Å². The molecule has 0 unspecified atom stereocenters. The smallest absolute Gasteiger partial charge is 0.172 e. The van der Waals surface area contributed by atoms with Crippen LogP contribution in [0.2, 0.25) is 0 Å². The molecule has 0 fully saturated rings. The summed E-state index contributed by atoms with van der Waals surface area (Å²) in [5.74, 6) is 0. The highest BCUT2D eigenvalue weighted by Crippen LogP contribution is 2.03. The molecule has 0 radical (unpaired) electrons. The van der Waals surface area contributed by atoms with Crippen LogP contribution in [0.4, 0.5) is 0 Å². The van der Waals surface area contributed by atoms with Crippen LogP contribution < -0.4 is 11.5 Å². The van der Waals surface area contributed by atoms with E-state index in [0.29, 0.717) is 6.54 Å². The summed E-state index contributed by atoms with van der Waals surface area (Å²) in [5.41, 5.74) is 12.0. The lowest BCUT2D eigenvalue weighted by Gasteiger charge is -2.20. The van der Waals surface area contributed by atoms with Gasteiger partial charge in [-0.25, -0.2) is 0 Å². The third-order valence-corrected chi connectivity index (χ3v) is 2.16. The Kier molecular flexibility index (Phi) is 3.79. The Bertz CT molecular complexity index is 323. The van der Waals surface area contributed by atoms with E-state index in [1.165, 1.54) is 4.90 Å². The predicted octanol–water partition coefficient (Wildman–Crippen LogP) is 0.976. The number of hydrogen-bond acceptors (Lipinski definition) is 2. The highest BCUT2D eigenvalue weighted by Gasteiger charge is 2.09. The van der Waals surface area contributed by atoms with Gasteiger partial charge in [0.05, 0.1) is 6.54 Å². The van der Waals surface area contributed by atoms with E-state index in [9.17, 15) is 0 Å². The summed E-state index contributed by atoms with van der Waals surface area (Å²) in [7, 11) is 0. The monoisotopic (exact) mass is 225 g/mol. The fourth-order valence-corrected chi connectivity index (χ4v) is 1.41. The summed E-state index contributed by atoms with van der Waals surface area (Å²) >= 11 is 9.66. The molecule has 0 aromatic heterocycles. The molecule has 1 aromatic carbocycles. The summed E-state index contributed by atoms with van der Waals surface area (Å²) in [5, 5.41) is 0.391. The van der Waals surface area contributed by atoms with Gasteiger partial charge in [-0.2, -0.15) is 0 Å². The van der Waals surface area contributed by atoms with Crippen molar-refractivity contribution < 1.29 is 0 Å². The lowest BCUT2D eigenvalue weighted by atomic mass is 10.2. The fraction of sp³-hybridized carbons (Fsp3) is 0.111. The molecule has 0 saturated heterocycles. The van der Waals surface area contributed by atoms with E-state index in [0.717, 1.165) is 5.56 Å². The number of hydrogen-bond donors (Lipinski definition) is 2. The van der Waals surface area contributed by atoms with Gasteiger partial charge in [0.15, 0.2) is 10.2 Å². The zero-order chi connectivity index (χ0) is 10.6. The second-order valence-corrected chi connectivity index (χ2v) is 3.58. The Morgan fingerprint density at radius 2 is 1.57 bits per heavy atom. The van der Waals surface area contributed by atoms with Crippen molar-refractivity contribution in [3.63, 3.8) is 0 Å². The summed E-state index contributed by atoms with van der Waals surface area (Å²) < 4.78 is 0. The number of benzene rings is 1. The van der Waals surface area contributed by atoms with Crippen molar-refractivity contribution in [3.05, 3.63) is 35.9 Å². The number of rotatable bonds is 2. The Hall–Kier alpha value is -1.20. The van der Waals surface area contributed by atoms with Crippen molar-refractivity contribution in [1.82, 2.24) is 4.90 Å². The van der Waals surface area contributed by atoms with Crippen molar-refractivity contribution in [2.75, 3.05) is 0 Å². The van der Waals surface area contributed by atoms with E-state index in [1.54, 1.807) is 0 Å². The highest BCUT2D eigenvalue weighted by atomic mass is 32.1. The Morgan fingerprint density at radius 3 is 2.00 bits per heavy atom. The van der Waals surface area contributed by atoms with Gasteiger partial charge in [0.1, 0.15) is 0 Å². The minimum atomic E-state index is 0.196. The molecule has 0 atom stereocenters. The van der Waals surface area contributed by atoms with Gasteiger partial charge in [-0.15, -0.1) is 0 Å². The van der Waals surface area contributed by atoms with Gasteiger partial charge >= 0.3 is 0 Å². The maximum absolute atomic E-state index is 5.48. The molecule has 74 valence electrons. The molecule has 0 aliphatic carbocycles. The third kappa shape index (κ3) is 2.93. The van der Waals surface area contributed by atoms with Crippen LogP contribution in [0.15, 0.2) is 30.3 Å². The molecule has 0 aliphatic heterocycles. The molecule has 0 bridgehead atoms. The second-order valence-electron chi connectivity index (χ2n) is 2.75. The van der Waals surface area contributed by atoms with E-state index in [2.05, 4.69) is 0 Å². The average Bonchev–Trinajstić information content (AvgIpc) is 2.15. The van der Waals surface area contributed by atoms with Crippen LogP contribution in [0.1, 0.15) is 5.56 Å². The summed E-state index contributed by atoms with van der Waals surface area (Å²) in [4.78, 5) is 1.51. The van der Waals surface area contributed by atoms with Crippen LogP contribution in [0.5, 0.6) is 0 Å². The molecular weight excluding hydrogens is 214 g/mol. The molecule has 1 aromatic rings. The van der Waals surface area contributed by atoms with Gasteiger partial charge < -0.3 is 11.5 Å². The SMILES string of the molecule is NC(=S)N(Cc1ccccc1)C(N)=S. The Balaban J connectivity index is 2.75. The summed E-state index contributed by atoms with van der Waals surface area (Å²) in [6, 6.07) is 9.74. The van der Waals surface area contributed by atoms with Crippen LogP contribution in [0.3, 0.4) is 0 Å². The van der Waals surface area contributed by atoms with Gasteiger partial charge in [0.25, 0.3) is 0 Å². The maximum atomic E-state index is 5.48. The molecule has 0 heterocycles. The van der Waals surface area contributed by atoms with E-state index < -0.39 is 0 Å². The Labute approximate surface area is 93.7 Å². The molecule has 0 saturated carbocycles. The van der Waals surface area contributed by atoms with E-state index in [1.807, 2.05) is 30.3 Å². The van der Waals surface area contributed by atoms with Crippen LogP contribution >= 0.6 is 24.4 Å². The van der Waals surface area contributed by atoms with Gasteiger partial charge in [-0.05, 0) is 30.0 Å². The van der Waals surface area contributed by atoms with Crippen LogP contribution in [-0.2, 0) is 6.54 Å². The van der Waals surface area contributed by atoms with E-state index >= 15 is 0 Å². The normalized spacial score (nSPS) is 9.43. The molecule has 5 heteroatoms. The van der Waals surface area contributed by atoms with E-state index in [-0.39, 0.29) is 10.2 Å². The second kappa shape index (κ2) is 4.88. The summed E-state index contributed by atoms with van der Waals surface area (Å²) in [6.07, 6.45) is 0. The molecular formula is C9H11N3S2. The molecule has 0 spiro atoms. The molecule has 1 rings (SSSR count). The topological polar surface area (TPSA) is 55.3 Å². The standard InChI is InChI=1S/C9H11N3S2/c10-8(13)12(9(11)14)6-7-4-2-1-3-5-7/h1-5H,6H2,(H2,10,13)(H2,11,14). The maximum Gasteiger partial charge on any atom is 0.172 e. The first-order valence-corrected chi connectivity index (χ1v) is 4.83. The van der Waals surface area contributed by atoms with E-state index in [4.69, 9.17) is 35.9 Å². The van der Waals surface area contributed by atoms with Gasteiger partial charge in [-0.3, -0.25) is 4.90 Å². The average molecular weight is 225 g/mol. The van der Waals surface area contributed by atoms with Crippen molar-refractivity contribution in [2.45, 2.75) is 6.54 Å². The number of nitrogens with zero attached hydrogens (tertiary/aromatic N) is 1. The zero-order valence-electron chi connectivity index (χ0n) is 7.51. The lowest BCUT2D eigenvalue weighted by molar-refractivity contribution is 0.613.